The molecule has 1 aromatic rings. The lowest BCUT2D eigenvalue weighted by atomic mass is 10.3. The molecule has 0 spiro atoms. The molecule has 0 aliphatic carbocycles. The van der Waals surface area contributed by atoms with Gasteiger partial charge in [-0.1, -0.05) is 6.07 Å². The fourth-order valence-electron chi connectivity index (χ4n) is 1.23. The normalized spacial score (nSPS) is 12.8. The number of aromatic nitrogens is 1. The van der Waals surface area contributed by atoms with Gasteiger partial charge in [-0.15, -0.1) is 0 Å². The van der Waals surface area contributed by atoms with E-state index in [1.807, 2.05) is 0 Å². The SMILES string of the molecule is CNCc1ccc(OC(C(F)(F)F)C(F)(F)F)nc1. The summed E-state index contributed by atoms with van der Waals surface area (Å²) in [6.45, 7) is 0.384. The lowest BCUT2D eigenvalue weighted by molar-refractivity contribution is -0.300. The Morgan fingerprint density at radius 3 is 2.11 bits per heavy atom. The number of nitrogens with zero attached hydrogens (tertiary/aromatic N) is 1. The van der Waals surface area contributed by atoms with Crippen molar-refractivity contribution in [3.63, 3.8) is 0 Å². The minimum Gasteiger partial charge on any atom is -0.455 e. The molecule has 0 radical (unpaired) electrons. The molecule has 0 unspecified atom stereocenters. The third-order valence-corrected chi connectivity index (χ3v) is 2.01. The van der Waals surface area contributed by atoms with Crippen molar-refractivity contribution < 1.29 is 31.1 Å². The predicted octanol–water partition coefficient (Wildman–Crippen LogP) is 2.67. The third kappa shape index (κ3) is 4.58. The lowest BCUT2D eigenvalue weighted by Gasteiger charge is -2.23. The molecule has 0 saturated heterocycles. The second-order valence-electron chi connectivity index (χ2n) is 3.62. The first kappa shape index (κ1) is 15.5. The number of nitrogens with one attached hydrogen (secondary N) is 1. The highest BCUT2D eigenvalue weighted by Gasteiger charge is 2.59. The molecule has 1 aromatic heterocycles. The summed E-state index contributed by atoms with van der Waals surface area (Å²) < 4.78 is 77.2. The standard InChI is InChI=1S/C10H10F6N2O/c1-17-4-6-2-3-7(18-5-6)19-8(9(11,12)13)10(14,15)16/h2-3,5,8,17H,4H2,1H3. The molecule has 0 fully saturated rings. The van der Waals surface area contributed by atoms with Crippen LogP contribution in [0.1, 0.15) is 5.56 Å². The summed E-state index contributed by atoms with van der Waals surface area (Å²) in [5, 5.41) is 2.75. The van der Waals surface area contributed by atoms with Crippen LogP contribution in [0.2, 0.25) is 0 Å². The van der Waals surface area contributed by atoms with E-state index >= 15 is 0 Å². The number of rotatable bonds is 4. The maximum Gasteiger partial charge on any atom is 0.434 e. The highest BCUT2D eigenvalue weighted by atomic mass is 19.4. The van der Waals surface area contributed by atoms with Gasteiger partial charge in [0, 0.05) is 18.8 Å². The Balaban J connectivity index is 2.86. The van der Waals surface area contributed by atoms with Gasteiger partial charge in [0.1, 0.15) is 0 Å². The Kier molecular flexibility index (Phi) is 4.61. The summed E-state index contributed by atoms with van der Waals surface area (Å²) in [7, 11) is 1.63. The molecule has 1 N–H and O–H groups in total. The molecule has 0 aliphatic rings. The Labute approximate surface area is 104 Å². The van der Waals surface area contributed by atoms with E-state index in [0.717, 1.165) is 12.3 Å². The number of alkyl halides is 6. The zero-order chi connectivity index (χ0) is 14.7. The Bertz CT molecular complexity index is 386. The van der Waals surface area contributed by atoms with E-state index in [1.165, 1.54) is 6.07 Å². The smallest absolute Gasteiger partial charge is 0.434 e. The predicted molar refractivity (Wildman–Crippen MR) is 53.5 cm³/mol. The van der Waals surface area contributed by atoms with Crippen molar-refractivity contribution in [2.75, 3.05) is 7.05 Å². The molecule has 0 saturated carbocycles. The van der Waals surface area contributed by atoms with Crippen LogP contribution in [0.25, 0.3) is 0 Å². The van der Waals surface area contributed by atoms with E-state index in [-0.39, 0.29) is 0 Å². The number of ether oxygens (including phenoxy) is 1. The molecule has 0 bridgehead atoms. The number of hydrogen-bond donors (Lipinski definition) is 1. The molecule has 108 valence electrons. The van der Waals surface area contributed by atoms with Crippen LogP contribution in [0.3, 0.4) is 0 Å². The molecule has 0 amide bonds. The van der Waals surface area contributed by atoms with Gasteiger partial charge in [-0.3, -0.25) is 0 Å². The molecule has 0 atom stereocenters. The number of pyridine rings is 1. The maximum absolute atomic E-state index is 12.2. The average molecular weight is 288 g/mol. The van der Waals surface area contributed by atoms with Gasteiger partial charge in [0.05, 0.1) is 0 Å². The van der Waals surface area contributed by atoms with Crippen molar-refractivity contribution in [3.8, 4) is 5.88 Å². The molecule has 1 heterocycles. The summed E-state index contributed by atoms with van der Waals surface area (Å²) >= 11 is 0. The first-order valence-corrected chi connectivity index (χ1v) is 5.04. The summed E-state index contributed by atoms with van der Waals surface area (Å²) in [6.07, 6.45) is -13.9. The topological polar surface area (TPSA) is 34.1 Å². The van der Waals surface area contributed by atoms with Gasteiger partial charge in [0.2, 0.25) is 5.88 Å². The quantitative estimate of drug-likeness (QED) is 0.865. The van der Waals surface area contributed by atoms with E-state index in [0.29, 0.717) is 12.1 Å². The van der Waals surface area contributed by atoms with Crippen LogP contribution in [-0.2, 0) is 6.54 Å². The summed E-state index contributed by atoms with van der Waals surface area (Å²) in [4.78, 5) is 3.40. The molecule has 9 heteroatoms. The van der Waals surface area contributed by atoms with Crippen LogP contribution in [0, 0.1) is 0 Å². The van der Waals surface area contributed by atoms with Crippen molar-refractivity contribution in [2.24, 2.45) is 0 Å². The zero-order valence-electron chi connectivity index (χ0n) is 9.64. The zero-order valence-corrected chi connectivity index (χ0v) is 9.64. The van der Waals surface area contributed by atoms with Gasteiger partial charge >= 0.3 is 12.4 Å². The second kappa shape index (κ2) is 5.64. The van der Waals surface area contributed by atoms with Crippen LogP contribution in [0.5, 0.6) is 5.88 Å². The Hall–Kier alpha value is -1.51. The van der Waals surface area contributed by atoms with Crippen molar-refractivity contribution in [2.45, 2.75) is 25.0 Å². The van der Waals surface area contributed by atoms with Gasteiger partial charge in [0.15, 0.2) is 0 Å². The van der Waals surface area contributed by atoms with E-state index in [2.05, 4.69) is 15.0 Å². The lowest BCUT2D eigenvalue weighted by Crippen LogP contribution is -2.46. The first-order valence-electron chi connectivity index (χ1n) is 5.04. The molecule has 19 heavy (non-hydrogen) atoms. The monoisotopic (exact) mass is 288 g/mol. The Morgan fingerprint density at radius 2 is 1.74 bits per heavy atom. The number of hydrogen-bond acceptors (Lipinski definition) is 3. The molecule has 0 aliphatic heterocycles. The second-order valence-corrected chi connectivity index (χ2v) is 3.62. The minimum atomic E-state index is -5.55. The summed E-state index contributed by atoms with van der Waals surface area (Å²) in [5.74, 6) is -0.737. The van der Waals surface area contributed by atoms with Crippen LogP contribution in [0.15, 0.2) is 18.3 Å². The largest absolute Gasteiger partial charge is 0.455 e. The van der Waals surface area contributed by atoms with Gasteiger partial charge in [-0.05, 0) is 12.6 Å². The third-order valence-electron chi connectivity index (χ3n) is 2.01. The van der Waals surface area contributed by atoms with Gasteiger partial charge in [-0.2, -0.15) is 26.3 Å². The highest BCUT2D eigenvalue weighted by molar-refractivity contribution is 5.18. The first-order chi connectivity index (χ1) is 8.64. The van der Waals surface area contributed by atoms with Crippen molar-refractivity contribution >= 4 is 0 Å². The van der Waals surface area contributed by atoms with Crippen molar-refractivity contribution in [3.05, 3.63) is 23.9 Å². The summed E-state index contributed by atoms with van der Waals surface area (Å²) in [5.41, 5.74) is 0.602. The molecular formula is C10H10F6N2O. The average Bonchev–Trinajstić information content (AvgIpc) is 2.25. The fourth-order valence-corrected chi connectivity index (χ4v) is 1.23. The molecular weight excluding hydrogens is 278 g/mol. The van der Waals surface area contributed by atoms with Crippen LogP contribution in [-0.4, -0.2) is 30.5 Å². The van der Waals surface area contributed by atoms with Crippen LogP contribution >= 0.6 is 0 Å². The van der Waals surface area contributed by atoms with Crippen LogP contribution in [0.4, 0.5) is 26.3 Å². The van der Waals surface area contributed by atoms with Gasteiger partial charge in [-0.25, -0.2) is 4.98 Å². The molecule has 1 rings (SSSR count). The van der Waals surface area contributed by atoms with Crippen LogP contribution < -0.4 is 10.1 Å². The Morgan fingerprint density at radius 1 is 1.16 bits per heavy atom. The van der Waals surface area contributed by atoms with Gasteiger partial charge in [0.25, 0.3) is 6.10 Å². The van der Waals surface area contributed by atoms with E-state index < -0.39 is 24.3 Å². The van der Waals surface area contributed by atoms with Crippen molar-refractivity contribution in [1.29, 1.82) is 0 Å². The summed E-state index contributed by atoms with van der Waals surface area (Å²) in [6, 6.07) is 2.28. The molecule has 3 nitrogen and oxygen atoms in total. The number of halogens is 6. The minimum absolute atomic E-state index is 0.384. The fraction of sp³-hybridized carbons (Fsp3) is 0.500. The van der Waals surface area contributed by atoms with E-state index in [9.17, 15) is 26.3 Å². The van der Waals surface area contributed by atoms with Gasteiger partial charge < -0.3 is 10.1 Å². The van der Waals surface area contributed by atoms with Crippen molar-refractivity contribution in [1.82, 2.24) is 10.3 Å². The molecule has 0 aromatic carbocycles. The van der Waals surface area contributed by atoms with E-state index in [4.69, 9.17) is 0 Å². The maximum atomic E-state index is 12.2. The highest BCUT2D eigenvalue weighted by Crippen LogP contribution is 2.35. The van der Waals surface area contributed by atoms with E-state index in [1.54, 1.807) is 7.05 Å².